The van der Waals surface area contributed by atoms with Gasteiger partial charge >= 0.3 is 0 Å². The molecule has 90 valence electrons. The highest BCUT2D eigenvalue weighted by Crippen LogP contribution is 2.16. The molecule has 1 N–H and O–H groups in total. The van der Waals surface area contributed by atoms with Gasteiger partial charge in [0.15, 0.2) is 0 Å². The Morgan fingerprint density at radius 2 is 2.24 bits per heavy atom. The van der Waals surface area contributed by atoms with E-state index in [-0.39, 0.29) is 0 Å². The van der Waals surface area contributed by atoms with Crippen molar-refractivity contribution in [2.45, 2.75) is 25.9 Å². The maximum Gasteiger partial charge on any atom is 0.0893 e. The Bertz CT molecular complexity index is 459. The summed E-state index contributed by atoms with van der Waals surface area (Å²) in [4.78, 5) is 0. The smallest absolute Gasteiger partial charge is 0.0893 e. The molecule has 0 saturated heterocycles. The third kappa shape index (κ3) is 3.77. The van der Waals surface area contributed by atoms with Crippen LogP contribution in [-0.4, -0.2) is 15.6 Å². The van der Waals surface area contributed by atoms with Crippen LogP contribution in [0.2, 0.25) is 5.02 Å². The summed E-state index contributed by atoms with van der Waals surface area (Å²) < 4.78 is 3.83. The second kappa shape index (κ2) is 6.10. The molecule has 2 aromatic rings. The van der Waals surface area contributed by atoms with Gasteiger partial charge in [-0.15, -0.1) is 5.10 Å². The fraction of sp³-hybridized carbons (Fsp3) is 0.333. The van der Waals surface area contributed by atoms with Crippen LogP contribution in [0.3, 0.4) is 0 Å². The Morgan fingerprint density at radius 3 is 2.94 bits per heavy atom. The molecule has 5 heteroatoms. The highest BCUT2D eigenvalue weighted by molar-refractivity contribution is 7.03. The van der Waals surface area contributed by atoms with Gasteiger partial charge in [0.05, 0.1) is 5.69 Å². The van der Waals surface area contributed by atoms with Crippen molar-refractivity contribution in [3.05, 3.63) is 45.9 Å². The number of nitrogens with zero attached hydrogens (tertiary/aromatic N) is 2. The highest BCUT2D eigenvalue weighted by atomic mass is 35.5. The van der Waals surface area contributed by atoms with E-state index in [1.54, 1.807) is 0 Å². The Hall–Kier alpha value is -0.970. The van der Waals surface area contributed by atoms with Crippen LogP contribution in [0.1, 0.15) is 18.2 Å². The van der Waals surface area contributed by atoms with Gasteiger partial charge in [-0.1, -0.05) is 34.3 Å². The van der Waals surface area contributed by atoms with Crippen LogP contribution in [0.5, 0.6) is 0 Å². The molecule has 0 bridgehead atoms. The number of hydrogen-bond acceptors (Lipinski definition) is 4. The van der Waals surface area contributed by atoms with Crippen molar-refractivity contribution in [2.75, 3.05) is 0 Å². The van der Waals surface area contributed by atoms with E-state index in [1.165, 1.54) is 17.1 Å². The second-order valence-electron chi connectivity index (χ2n) is 3.97. The van der Waals surface area contributed by atoms with E-state index in [4.69, 9.17) is 11.6 Å². The number of benzene rings is 1. The second-order valence-corrected chi connectivity index (χ2v) is 4.99. The van der Waals surface area contributed by atoms with Gasteiger partial charge in [-0.3, -0.25) is 0 Å². The molecule has 3 nitrogen and oxygen atoms in total. The monoisotopic (exact) mass is 267 g/mol. The van der Waals surface area contributed by atoms with Gasteiger partial charge in [0, 0.05) is 23.0 Å². The average molecular weight is 268 g/mol. The molecule has 0 aliphatic rings. The van der Waals surface area contributed by atoms with Gasteiger partial charge in [0.25, 0.3) is 0 Å². The zero-order chi connectivity index (χ0) is 12.1. The first-order valence-corrected chi connectivity index (χ1v) is 6.70. The lowest BCUT2D eigenvalue weighted by molar-refractivity contribution is 0.539. The molecule has 1 atom stereocenters. The lowest BCUT2D eigenvalue weighted by Crippen LogP contribution is -2.27. The minimum Gasteiger partial charge on any atom is -0.308 e. The fourth-order valence-electron chi connectivity index (χ4n) is 1.61. The standard InChI is InChI=1S/C12H14ClN3S/c1-9(14-7-11-8-17-16-15-11)6-10-4-2-3-5-12(10)13/h2-5,8-9,14H,6-7H2,1H3. The van der Waals surface area contributed by atoms with Crippen LogP contribution in [0.4, 0.5) is 0 Å². The van der Waals surface area contributed by atoms with E-state index in [2.05, 4.69) is 27.9 Å². The molecule has 1 heterocycles. The normalized spacial score (nSPS) is 12.6. The van der Waals surface area contributed by atoms with Crippen molar-refractivity contribution in [3.63, 3.8) is 0 Å². The van der Waals surface area contributed by atoms with Crippen LogP contribution in [-0.2, 0) is 13.0 Å². The average Bonchev–Trinajstić information content (AvgIpc) is 2.82. The minimum absolute atomic E-state index is 0.358. The summed E-state index contributed by atoms with van der Waals surface area (Å²) in [7, 11) is 0. The van der Waals surface area contributed by atoms with Gasteiger partial charge in [0.2, 0.25) is 0 Å². The van der Waals surface area contributed by atoms with Gasteiger partial charge in [-0.05, 0) is 36.5 Å². The van der Waals surface area contributed by atoms with E-state index in [0.29, 0.717) is 6.04 Å². The van der Waals surface area contributed by atoms with Crippen LogP contribution in [0.15, 0.2) is 29.6 Å². The summed E-state index contributed by atoms with van der Waals surface area (Å²) in [5.74, 6) is 0. The summed E-state index contributed by atoms with van der Waals surface area (Å²) in [5, 5.41) is 10.2. The molecule has 17 heavy (non-hydrogen) atoms. The zero-order valence-corrected chi connectivity index (χ0v) is 11.1. The molecule has 0 aliphatic carbocycles. The highest BCUT2D eigenvalue weighted by Gasteiger charge is 2.06. The summed E-state index contributed by atoms with van der Waals surface area (Å²) in [5.41, 5.74) is 2.16. The maximum atomic E-state index is 6.12. The van der Waals surface area contributed by atoms with Crippen LogP contribution >= 0.6 is 23.1 Å². The van der Waals surface area contributed by atoms with Gasteiger partial charge in [0.1, 0.15) is 0 Å². The molecule has 2 rings (SSSR count). The van der Waals surface area contributed by atoms with Gasteiger partial charge in [-0.2, -0.15) is 0 Å². The lowest BCUT2D eigenvalue weighted by Gasteiger charge is -2.13. The molecule has 1 unspecified atom stereocenters. The summed E-state index contributed by atoms with van der Waals surface area (Å²) in [6.45, 7) is 2.89. The van der Waals surface area contributed by atoms with Crippen LogP contribution in [0, 0.1) is 0 Å². The van der Waals surface area contributed by atoms with E-state index in [9.17, 15) is 0 Å². The van der Waals surface area contributed by atoms with Crippen LogP contribution < -0.4 is 5.32 Å². The van der Waals surface area contributed by atoms with E-state index < -0.39 is 0 Å². The van der Waals surface area contributed by atoms with E-state index >= 15 is 0 Å². The Balaban J connectivity index is 1.85. The number of rotatable bonds is 5. The molecular formula is C12H14ClN3S. The number of aromatic nitrogens is 2. The largest absolute Gasteiger partial charge is 0.308 e. The Labute approximate surface area is 110 Å². The molecule has 0 saturated carbocycles. The third-order valence-electron chi connectivity index (χ3n) is 2.52. The Morgan fingerprint density at radius 1 is 1.41 bits per heavy atom. The molecule has 0 fully saturated rings. The van der Waals surface area contributed by atoms with Crippen molar-refractivity contribution >= 4 is 23.1 Å². The van der Waals surface area contributed by atoms with Crippen molar-refractivity contribution in [1.29, 1.82) is 0 Å². The molecular weight excluding hydrogens is 254 g/mol. The van der Waals surface area contributed by atoms with Crippen LogP contribution in [0.25, 0.3) is 0 Å². The predicted octanol–water partition coefficient (Wildman–Crippen LogP) is 2.91. The van der Waals surface area contributed by atoms with Crippen molar-refractivity contribution in [3.8, 4) is 0 Å². The fourth-order valence-corrected chi connectivity index (χ4v) is 2.27. The maximum absolute atomic E-state index is 6.12. The first-order valence-electron chi connectivity index (χ1n) is 5.48. The number of nitrogens with one attached hydrogen (secondary N) is 1. The summed E-state index contributed by atoms with van der Waals surface area (Å²) in [6.07, 6.45) is 0.914. The molecule has 1 aromatic carbocycles. The molecule has 0 amide bonds. The zero-order valence-electron chi connectivity index (χ0n) is 9.56. The SMILES string of the molecule is CC(Cc1ccccc1Cl)NCc1csnn1. The first kappa shape index (κ1) is 12.5. The molecule has 0 spiro atoms. The molecule has 1 aromatic heterocycles. The lowest BCUT2D eigenvalue weighted by atomic mass is 10.1. The van der Waals surface area contributed by atoms with E-state index in [0.717, 1.165) is 23.7 Å². The van der Waals surface area contributed by atoms with Crippen molar-refractivity contribution in [2.24, 2.45) is 0 Å². The molecule has 0 aliphatic heterocycles. The Kier molecular flexibility index (Phi) is 4.48. The topological polar surface area (TPSA) is 37.8 Å². The molecule has 0 radical (unpaired) electrons. The van der Waals surface area contributed by atoms with Crippen molar-refractivity contribution < 1.29 is 0 Å². The summed E-state index contributed by atoms with van der Waals surface area (Å²) >= 11 is 7.50. The quantitative estimate of drug-likeness (QED) is 0.905. The first-order chi connectivity index (χ1) is 8.25. The van der Waals surface area contributed by atoms with Gasteiger partial charge < -0.3 is 5.32 Å². The summed E-state index contributed by atoms with van der Waals surface area (Å²) in [6, 6.07) is 8.30. The van der Waals surface area contributed by atoms with Gasteiger partial charge in [-0.25, -0.2) is 0 Å². The number of hydrogen-bond donors (Lipinski definition) is 1. The number of halogens is 1. The van der Waals surface area contributed by atoms with E-state index in [1.807, 2.05) is 23.6 Å². The predicted molar refractivity (Wildman–Crippen MR) is 71.4 cm³/mol. The van der Waals surface area contributed by atoms with Crippen molar-refractivity contribution in [1.82, 2.24) is 14.9 Å². The third-order valence-corrected chi connectivity index (χ3v) is 3.44. The minimum atomic E-state index is 0.358.